The summed E-state index contributed by atoms with van der Waals surface area (Å²) in [7, 11) is 0.0443. The standard InChI is InChI=1S/C21H28FN5O2S/c1-27(2)19-6-4-3-5-17(19)25-18-12-16(22)20(11-15(18)14-7-8-14)30(28,29)26-21-9-10-23-13-24-21/h9-14,17,19,25H,3-8H2,1-2H3,(H,23,24,26)/t17-,19-/m0/s1. The highest BCUT2D eigenvalue weighted by molar-refractivity contribution is 7.92. The molecular weight excluding hydrogens is 405 g/mol. The van der Waals surface area contributed by atoms with Gasteiger partial charge in [0.15, 0.2) is 0 Å². The summed E-state index contributed by atoms with van der Waals surface area (Å²) >= 11 is 0. The summed E-state index contributed by atoms with van der Waals surface area (Å²) in [6.45, 7) is 0. The molecule has 0 unspecified atom stereocenters. The molecule has 7 nitrogen and oxygen atoms in total. The van der Waals surface area contributed by atoms with E-state index in [1.54, 1.807) is 0 Å². The van der Waals surface area contributed by atoms with Crippen molar-refractivity contribution in [1.82, 2.24) is 14.9 Å². The molecule has 2 aliphatic carbocycles. The highest BCUT2D eigenvalue weighted by Gasteiger charge is 2.33. The van der Waals surface area contributed by atoms with Crippen molar-refractivity contribution in [2.75, 3.05) is 24.1 Å². The first kappa shape index (κ1) is 21.0. The van der Waals surface area contributed by atoms with Gasteiger partial charge in [0.25, 0.3) is 10.0 Å². The number of likely N-dealkylation sites (N-methyl/N-ethyl adjacent to an activating group) is 1. The van der Waals surface area contributed by atoms with E-state index >= 15 is 4.39 Å². The monoisotopic (exact) mass is 433 g/mol. The molecule has 0 saturated heterocycles. The second-order valence-corrected chi connectivity index (χ2v) is 10.1. The molecular formula is C21H28FN5O2S. The zero-order valence-electron chi connectivity index (χ0n) is 17.3. The van der Waals surface area contributed by atoms with Crippen LogP contribution in [0.15, 0.2) is 35.6 Å². The van der Waals surface area contributed by atoms with Crippen molar-refractivity contribution in [2.24, 2.45) is 0 Å². The Hall–Kier alpha value is -2.26. The fourth-order valence-corrected chi connectivity index (χ4v) is 5.38. The molecule has 0 bridgehead atoms. The van der Waals surface area contributed by atoms with Crippen LogP contribution in [0.3, 0.4) is 0 Å². The number of rotatable bonds is 7. The van der Waals surface area contributed by atoms with Gasteiger partial charge < -0.3 is 10.2 Å². The Morgan fingerprint density at radius 1 is 1.13 bits per heavy atom. The van der Waals surface area contributed by atoms with Crippen LogP contribution in [0.25, 0.3) is 0 Å². The maximum Gasteiger partial charge on any atom is 0.265 e. The van der Waals surface area contributed by atoms with Crippen LogP contribution >= 0.6 is 0 Å². The minimum absolute atomic E-state index is 0.107. The summed E-state index contributed by atoms with van der Waals surface area (Å²) < 4.78 is 43.0. The second-order valence-electron chi connectivity index (χ2n) is 8.41. The Morgan fingerprint density at radius 3 is 2.57 bits per heavy atom. The predicted molar refractivity (Wildman–Crippen MR) is 115 cm³/mol. The van der Waals surface area contributed by atoms with Crippen LogP contribution in [0.2, 0.25) is 0 Å². The van der Waals surface area contributed by atoms with Crippen LogP contribution in [0.5, 0.6) is 0 Å². The molecule has 2 aromatic rings. The highest BCUT2D eigenvalue weighted by atomic mass is 32.2. The van der Waals surface area contributed by atoms with Gasteiger partial charge in [-0.25, -0.2) is 22.8 Å². The van der Waals surface area contributed by atoms with Crippen LogP contribution in [0.1, 0.15) is 50.0 Å². The van der Waals surface area contributed by atoms with E-state index in [1.807, 2.05) is 0 Å². The normalized spacial score (nSPS) is 22.1. The number of nitrogens with one attached hydrogen (secondary N) is 2. The molecule has 2 fully saturated rings. The van der Waals surface area contributed by atoms with E-state index in [9.17, 15) is 8.42 Å². The first-order valence-electron chi connectivity index (χ1n) is 10.4. The molecule has 1 aromatic heterocycles. The lowest BCUT2D eigenvalue weighted by Gasteiger charge is -2.37. The highest BCUT2D eigenvalue weighted by Crippen LogP contribution is 2.45. The Morgan fingerprint density at radius 2 is 1.90 bits per heavy atom. The summed E-state index contributed by atoms with van der Waals surface area (Å²) in [4.78, 5) is 9.50. The number of hydrogen-bond acceptors (Lipinski definition) is 6. The van der Waals surface area contributed by atoms with Crippen molar-refractivity contribution in [3.05, 3.63) is 42.1 Å². The molecule has 0 radical (unpaired) electrons. The van der Waals surface area contributed by atoms with E-state index in [0.717, 1.165) is 43.4 Å². The third-order valence-electron chi connectivity index (χ3n) is 5.97. The van der Waals surface area contributed by atoms with Gasteiger partial charge in [0.05, 0.1) is 0 Å². The largest absolute Gasteiger partial charge is 0.380 e. The smallest absolute Gasteiger partial charge is 0.265 e. The zero-order chi connectivity index (χ0) is 21.3. The fraction of sp³-hybridized carbons (Fsp3) is 0.524. The lowest BCUT2D eigenvalue weighted by molar-refractivity contribution is 0.211. The van der Waals surface area contributed by atoms with E-state index in [2.05, 4.69) is 39.0 Å². The van der Waals surface area contributed by atoms with Crippen molar-refractivity contribution < 1.29 is 12.8 Å². The summed E-state index contributed by atoms with van der Waals surface area (Å²) in [5, 5.41) is 3.55. The molecule has 2 atom stereocenters. The first-order chi connectivity index (χ1) is 14.3. The van der Waals surface area contributed by atoms with E-state index in [0.29, 0.717) is 6.04 Å². The molecule has 2 saturated carbocycles. The van der Waals surface area contributed by atoms with Crippen LogP contribution in [-0.2, 0) is 10.0 Å². The number of aromatic nitrogens is 2. The molecule has 4 rings (SSSR count). The van der Waals surface area contributed by atoms with Gasteiger partial charge in [-0.2, -0.15) is 0 Å². The molecule has 30 heavy (non-hydrogen) atoms. The minimum atomic E-state index is -4.10. The van der Waals surface area contributed by atoms with Crippen molar-refractivity contribution >= 4 is 21.5 Å². The van der Waals surface area contributed by atoms with Crippen LogP contribution in [0.4, 0.5) is 15.9 Å². The number of nitrogens with zero attached hydrogens (tertiary/aromatic N) is 3. The van der Waals surface area contributed by atoms with Gasteiger partial charge in [0, 0.05) is 24.0 Å². The number of sulfonamides is 1. The lowest BCUT2D eigenvalue weighted by Crippen LogP contribution is -2.45. The minimum Gasteiger partial charge on any atom is -0.380 e. The van der Waals surface area contributed by atoms with Gasteiger partial charge in [0.2, 0.25) is 0 Å². The molecule has 0 spiro atoms. The van der Waals surface area contributed by atoms with Gasteiger partial charge in [-0.1, -0.05) is 12.8 Å². The molecule has 2 N–H and O–H groups in total. The first-order valence-corrected chi connectivity index (χ1v) is 11.9. The van der Waals surface area contributed by atoms with E-state index in [4.69, 9.17) is 0 Å². The van der Waals surface area contributed by atoms with Gasteiger partial charge in [-0.15, -0.1) is 0 Å². The molecule has 0 aliphatic heterocycles. The van der Waals surface area contributed by atoms with Gasteiger partial charge >= 0.3 is 0 Å². The molecule has 9 heteroatoms. The number of hydrogen-bond donors (Lipinski definition) is 2. The molecule has 0 amide bonds. The SMILES string of the molecule is CN(C)[C@H]1CCCC[C@@H]1Nc1cc(F)c(S(=O)(=O)Nc2ccncn2)cc1C1CC1. The maximum atomic E-state index is 15.0. The molecule has 162 valence electrons. The molecule has 1 heterocycles. The topological polar surface area (TPSA) is 87.2 Å². The maximum absolute atomic E-state index is 15.0. The lowest BCUT2D eigenvalue weighted by atomic mass is 9.89. The van der Waals surface area contributed by atoms with Crippen molar-refractivity contribution in [2.45, 2.75) is 61.4 Å². The van der Waals surface area contributed by atoms with E-state index < -0.39 is 15.8 Å². The van der Waals surface area contributed by atoms with Crippen molar-refractivity contribution in [3.63, 3.8) is 0 Å². The quantitative estimate of drug-likeness (QED) is 0.694. The summed E-state index contributed by atoms with van der Waals surface area (Å²) in [5.41, 5.74) is 1.59. The third-order valence-corrected chi connectivity index (χ3v) is 7.34. The Kier molecular flexibility index (Phi) is 5.92. The van der Waals surface area contributed by atoms with E-state index in [1.165, 1.54) is 37.1 Å². The summed E-state index contributed by atoms with van der Waals surface area (Å²) in [6, 6.07) is 4.86. The number of benzene rings is 1. The van der Waals surface area contributed by atoms with Gasteiger partial charge in [-0.05, 0) is 69.5 Å². The number of halogens is 1. The van der Waals surface area contributed by atoms with Crippen LogP contribution < -0.4 is 10.0 Å². The third kappa shape index (κ3) is 4.57. The average molecular weight is 434 g/mol. The molecule has 2 aliphatic rings. The Labute approximate surface area is 177 Å². The number of anilines is 2. The predicted octanol–water partition coefficient (Wildman–Crippen LogP) is 3.58. The zero-order valence-corrected chi connectivity index (χ0v) is 18.1. The Balaban J connectivity index is 1.65. The van der Waals surface area contributed by atoms with Crippen molar-refractivity contribution in [3.8, 4) is 0 Å². The second kappa shape index (κ2) is 8.47. The van der Waals surface area contributed by atoms with Crippen molar-refractivity contribution in [1.29, 1.82) is 0 Å². The average Bonchev–Trinajstić information content (AvgIpc) is 3.54. The summed E-state index contributed by atoms with van der Waals surface area (Å²) in [6.07, 6.45) is 9.08. The Bertz CT molecular complexity index is 996. The van der Waals surface area contributed by atoms with Gasteiger partial charge in [0.1, 0.15) is 22.9 Å². The van der Waals surface area contributed by atoms with Crippen LogP contribution in [-0.4, -0.2) is 49.5 Å². The van der Waals surface area contributed by atoms with Crippen LogP contribution in [0, 0.1) is 5.82 Å². The molecule has 1 aromatic carbocycles. The summed E-state index contributed by atoms with van der Waals surface area (Å²) in [5.74, 6) is -0.390. The van der Waals surface area contributed by atoms with Gasteiger partial charge in [-0.3, -0.25) is 4.72 Å². The van der Waals surface area contributed by atoms with E-state index in [-0.39, 0.29) is 22.7 Å². The fourth-order valence-electron chi connectivity index (χ4n) is 4.27.